The topological polar surface area (TPSA) is 50.2 Å². The third kappa shape index (κ3) is 4.49. The van der Waals surface area contributed by atoms with Crippen molar-refractivity contribution in [2.45, 2.75) is 32.2 Å². The Morgan fingerprint density at radius 1 is 1.50 bits per heavy atom. The lowest BCUT2D eigenvalue weighted by atomic mass is 9.93. The maximum Gasteiger partial charge on any atom is 0.224 e. The van der Waals surface area contributed by atoms with Crippen LogP contribution in [0.1, 0.15) is 25.7 Å². The molecule has 1 amide bonds. The summed E-state index contributed by atoms with van der Waals surface area (Å²) in [5.41, 5.74) is 0. The van der Waals surface area contributed by atoms with Crippen LogP contribution in [0, 0.1) is 5.92 Å². The first-order valence-corrected chi connectivity index (χ1v) is 7.67. The van der Waals surface area contributed by atoms with E-state index >= 15 is 0 Å². The lowest BCUT2D eigenvalue weighted by Gasteiger charge is -2.32. The number of hydrogen-bond donors (Lipinski definition) is 1. The molecular formula is C14H23ClN4O. The predicted molar refractivity (Wildman–Crippen MR) is 79.7 cm³/mol. The van der Waals surface area contributed by atoms with E-state index in [1.54, 1.807) is 17.1 Å². The molecule has 1 aliphatic heterocycles. The van der Waals surface area contributed by atoms with Gasteiger partial charge in [-0.25, -0.2) is 0 Å². The number of nitrogens with one attached hydrogen (secondary N) is 1. The second-order valence-corrected chi connectivity index (χ2v) is 5.82. The van der Waals surface area contributed by atoms with E-state index in [1.807, 2.05) is 11.9 Å². The van der Waals surface area contributed by atoms with Crippen molar-refractivity contribution in [2.24, 2.45) is 5.92 Å². The number of likely N-dealkylation sites (tertiary alicyclic amines) is 1. The van der Waals surface area contributed by atoms with Crippen LogP contribution in [0.25, 0.3) is 0 Å². The van der Waals surface area contributed by atoms with Crippen LogP contribution in [0.5, 0.6) is 0 Å². The van der Waals surface area contributed by atoms with Gasteiger partial charge in [0.1, 0.15) is 0 Å². The number of aryl methyl sites for hydroxylation is 1. The van der Waals surface area contributed by atoms with Gasteiger partial charge in [-0.2, -0.15) is 5.10 Å². The van der Waals surface area contributed by atoms with Crippen LogP contribution in [0.3, 0.4) is 0 Å². The minimum absolute atomic E-state index is 0.226. The Balaban J connectivity index is 1.69. The Hall–Kier alpha value is -1.07. The molecule has 5 nitrogen and oxygen atoms in total. The van der Waals surface area contributed by atoms with E-state index in [0.717, 1.165) is 38.4 Å². The lowest BCUT2D eigenvalue weighted by molar-refractivity contribution is -0.132. The molecule has 2 heterocycles. The first-order valence-electron chi connectivity index (χ1n) is 7.29. The van der Waals surface area contributed by atoms with Gasteiger partial charge in [-0.1, -0.05) is 11.6 Å². The smallest absolute Gasteiger partial charge is 0.224 e. The van der Waals surface area contributed by atoms with Crippen molar-refractivity contribution in [3.05, 3.63) is 17.4 Å². The van der Waals surface area contributed by atoms with Crippen molar-refractivity contribution >= 4 is 17.5 Å². The predicted octanol–water partition coefficient (Wildman–Crippen LogP) is 1.77. The number of piperidine rings is 1. The molecule has 0 aliphatic carbocycles. The third-order valence-electron chi connectivity index (χ3n) is 3.93. The highest BCUT2D eigenvalue weighted by molar-refractivity contribution is 6.30. The summed E-state index contributed by atoms with van der Waals surface area (Å²) in [6.45, 7) is 3.46. The quantitative estimate of drug-likeness (QED) is 0.871. The Morgan fingerprint density at radius 2 is 2.25 bits per heavy atom. The molecule has 0 unspecified atom stereocenters. The van der Waals surface area contributed by atoms with Crippen LogP contribution in [0.2, 0.25) is 5.02 Å². The second-order valence-electron chi connectivity index (χ2n) is 5.39. The monoisotopic (exact) mass is 298 g/mol. The van der Waals surface area contributed by atoms with Gasteiger partial charge in [0, 0.05) is 32.3 Å². The molecule has 0 saturated carbocycles. The molecule has 1 saturated heterocycles. The zero-order valence-electron chi connectivity index (χ0n) is 12.0. The van der Waals surface area contributed by atoms with Gasteiger partial charge in [0.25, 0.3) is 0 Å². The maximum absolute atomic E-state index is 12.1. The van der Waals surface area contributed by atoms with Gasteiger partial charge in [-0.15, -0.1) is 0 Å². The van der Waals surface area contributed by atoms with Gasteiger partial charge in [-0.05, 0) is 38.8 Å². The van der Waals surface area contributed by atoms with E-state index in [-0.39, 0.29) is 5.91 Å². The summed E-state index contributed by atoms with van der Waals surface area (Å²) in [5, 5.41) is 7.89. The van der Waals surface area contributed by atoms with E-state index in [9.17, 15) is 4.79 Å². The van der Waals surface area contributed by atoms with Crippen LogP contribution in [0.4, 0.5) is 0 Å². The summed E-state index contributed by atoms with van der Waals surface area (Å²) in [5.74, 6) is 0.986. The Bertz CT molecular complexity index is 427. The van der Waals surface area contributed by atoms with Crippen molar-refractivity contribution < 1.29 is 4.79 Å². The standard InChI is InChI=1S/C14H23ClN4O/c1-16-6-2-12-3-7-18(8-4-12)14(20)5-9-19-11-13(15)10-17-19/h10-12,16H,2-9H2,1H3. The number of nitrogens with zero attached hydrogens (tertiary/aromatic N) is 3. The molecule has 0 spiro atoms. The number of aromatic nitrogens is 2. The van der Waals surface area contributed by atoms with Crippen molar-refractivity contribution in [3.8, 4) is 0 Å². The van der Waals surface area contributed by atoms with Crippen LogP contribution in [-0.4, -0.2) is 47.3 Å². The SMILES string of the molecule is CNCCC1CCN(C(=O)CCn2cc(Cl)cn2)CC1. The van der Waals surface area contributed by atoms with Crippen molar-refractivity contribution in [1.29, 1.82) is 0 Å². The summed E-state index contributed by atoms with van der Waals surface area (Å²) in [6, 6.07) is 0. The highest BCUT2D eigenvalue weighted by atomic mass is 35.5. The van der Waals surface area contributed by atoms with Gasteiger partial charge in [-0.3, -0.25) is 9.48 Å². The molecule has 20 heavy (non-hydrogen) atoms. The molecule has 2 rings (SSSR count). The summed E-state index contributed by atoms with van der Waals surface area (Å²) in [4.78, 5) is 14.1. The van der Waals surface area contributed by atoms with E-state index in [4.69, 9.17) is 11.6 Å². The van der Waals surface area contributed by atoms with Gasteiger partial charge in [0.2, 0.25) is 5.91 Å². The molecule has 0 aromatic carbocycles. The molecule has 0 bridgehead atoms. The Labute approximate surface area is 125 Å². The number of hydrogen-bond acceptors (Lipinski definition) is 3. The summed E-state index contributed by atoms with van der Waals surface area (Å²) in [6.07, 6.45) is 7.31. The zero-order chi connectivity index (χ0) is 14.4. The zero-order valence-corrected chi connectivity index (χ0v) is 12.8. The average Bonchev–Trinajstić information content (AvgIpc) is 2.89. The molecule has 112 valence electrons. The third-order valence-corrected chi connectivity index (χ3v) is 4.12. The highest BCUT2D eigenvalue weighted by Gasteiger charge is 2.22. The van der Waals surface area contributed by atoms with Crippen LogP contribution in [-0.2, 0) is 11.3 Å². The van der Waals surface area contributed by atoms with E-state index in [1.165, 1.54) is 6.42 Å². The maximum atomic E-state index is 12.1. The number of rotatable bonds is 6. The normalized spacial score (nSPS) is 16.6. The molecular weight excluding hydrogens is 276 g/mol. The fraction of sp³-hybridized carbons (Fsp3) is 0.714. The van der Waals surface area contributed by atoms with Crippen molar-refractivity contribution in [3.63, 3.8) is 0 Å². The van der Waals surface area contributed by atoms with Crippen molar-refractivity contribution in [1.82, 2.24) is 20.0 Å². The summed E-state index contributed by atoms with van der Waals surface area (Å²) < 4.78 is 1.72. The molecule has 1 N–H and O–H groups in total. The minimum atomic E-state index is 0.226. The fourth-order valence-electron chi connectivity index (χ4n) is 2.65. The average molecular weight is 299 g/mol. The number of halogens is 1. The number of carbonyl (C=O) groups excluding carboxylic acids is 1. The largest absolute Gasteiger partial charge is 0.343 e. The highest BCUT2D eigenvalue weighted by Crippen LogP contribution is 2.20. The lowest BCUT2D eigenvalue weighted by Crippen LogP contribution is -2.39. The first kappa shape index (κ1) is 15.3. The van der Waals surface area contributed by atoms with Crippen LogP contribution in [0.15, 0.2) is 12.4 Å². The molecule has 1 aromatic heterocycles. The molecule has 1 fully saturated rings. The molecule has 0 radical (unpaired) electrons. The summed E-state index contributed by atoms with van der Waals surface area (Å²) >= 11 is 5.80. The van der Waals surface area contributed by atoms with E-state index in [2.05, 4.69) is 10.4 Å². The van der Waals surface area contributed by atoms with E-state index < -0.39 is 0 Å². The van der Waals surface area contributed by atoms with Gasteiger partial charge >= 0.3 is 0 Å². The van der Waals surface area contributed by atoms with Crippen LogP contribution < -0.4 is 5.32 Å². The Kier molecular flexibility index (Phi) is 5.86. The Morgan fingerprint density at radius 3 is 2.85 bits per heavy atom. The minimum Gasteiger partial charge on any atom is -0.343 e. The second kappa shape index (κ2) is 7.64. The van der Waals surface area contributed by atoms with Gasteiger partial charge < -0.3 is 10.2 Å². The molecule has 1 aromatic rings. The number of carbonyl (C=O) groups is 1. The fourth-order valence-corrected chi connectivity index (χ4v) is 2.80. The van der Waals surface area contributed by atoms with E-state index in [0.29, 0.717) is 18.0 Å². The van der Waals surface area contributed by atoms with Crippen LogP contribution >= 0.6 is 11.6 Å². The molecule has 1 aliphatic rings. The molecule has 6 heteroatoms. The van der Waals surface area contributed by atoms with Gasteiger partial charge in [0.05, 0.1) is 11.2 Å². The van der Waals surface area contributed by atoms with Gasteiger partial charge in [0.15, 0.2) is 0 Å². The van der Waals surface area contributed by atoms with Crippen molar-refractivity contribution in [2.75, 3.05) is 26.7 Å². The summed E-state index contributed by atoms with van der Waals surface area (Å²) in [7, 11) is 1.99. The number of amides is 1. The molecule has 0 atom stereocenters. The first-order chi connectivity index (χ1) is 9.69.